The first-order valence-corrected chi connectivity index (χ1v) is 9.97. The molecule has 0 saturated carbocycles. The Morgan fingerprint density at radius 1 is 1.03 bits per heavy atom. The summed E-state index contributed by atoms with van der Waals surface area (Å²) in [6, 6.07) is 13.3. The fraction of sp³-hybridized carbons (Fsp3) is 0.304. The van der Waals surface area contributed by atoms with Crippen LogP contribution in [0.15, 0.2) is 42.5 Å². The van der Waals surface area contributed by atoms with E-state index in [0.717, 1.165) is 38.4 Å². The monoisotopic (exact) mass is 404 g/mol. The van der Waals surface area contributed by atoms with Crippen LogP contribution in [-0.2, 0) is 17.7 Å². The summed E-state index contributed by atoms with van der Waals surface area (Å²) in [6.45, 7) is 4.23. The lowest BCUT2D eigenvalue weighted by molar-refractivity contribution is 0.0342. The molecule has 0 aliphatic carbocycles. The fourth-order valence-corrected chi connectivity index (χ4v) is 3.55. The summed E-state index contributed by atoms with van der Waals surface area (Å²) in [5.41, 5.74) is 10.1. The molecule has 0 spiro atoms. The Labute approximate surface area is 176 Å². The number of ether oxygens (including phenoxy) is 1. The Hall–Kier alpha value is -3.16. The van der Waals surface area contributed by atoms with Gasteiger partial charge in [0.1, 0.15) is 0 Å². The van der Waals surface area contributed by atoms with Crippen LogP contribution in [0.25, 0.3) is 0 Å². The number of nitrogens with one attached hydrogen (secondary N) is 4. The van der Waals surface area contributed by atoms with Crippen LogP contribution in [-0.4, -0.2) is 55.1 Å². The second-order valence-electron chi connectivity index (χ2n) is 7.44. The van der Waals surface area contributed by atoms with E-state index in [4.69, 9.17) is 32.1 Å². The van der Waals surface area contributed by atoms with Crippen LogP contribution in [0.1, 0.15) is 28.2 Å². The number of hydrogen-bond acceptors (Lipinski definition) is 7. The fourth-order valence-electron chi connectivity index (χ4n) is 3.55. The number of rotatable bonds is 9. The van der Waals surface area contributed by atoms with Crippen LogP contribution < -0.4 is 5.73 Å². The zero-order valence-electron chi connectivity index (χ0n) is 16.9. The summed E-state index contributed by atoms with van der Waals surface area (Å²) in [5, 5.41) is 31.9. The predicted molar refractivity (Wildman–Crippen MR) is 122 cm³/mol. The van der Waals surface area contributed by atoms with Gasteiger partial charge in [-0.1, -0.05) is 30.3 Å². The van der Waals surface area contributed by atoms with E-state index in [0.29, 0.717) is 23.2 Å². The van der Waals surface area contributed by atoms with E-state index in [2.05, 4.69) is 17.0 Å². The first-order chi connectivity index (χ1) is 14.5. The zero-order chi connectivity index (χ0) is 21.5. The number of nitrogens with two attached hydrogens (primary N) is 1. The Bertz CT molecular complexity index is 940. The van der Waals surface area contributed by atoms with Gasteiger partial charge in [-0.2, -0.15) is 0 Å². The van der Waals surface area contributed by atoms with Gasteiger partial charge in [0.25, 0.3) is 0 Å². The van der Waals surface area contributed by atoms with Gasteiger partial charge >= 0.3 is 0 Å². The van der Waals surface area contributed by atoms with Crippen molar-refractivity contribution >= 4 is 29.5 Å². The molecule has 0 radical (unpaired) electrons. The number of nitrogen functional groups attached to an aromatic ring is 1. The molecular weight excluding hydrogens is 376 g/mol. The van der Waals surface area contributed by atoms with Gasteiger partial charge in [0, 0.05) is 49.7 Å². The van der Waals surface area contributed by atoms with Gasteiger partial charge in [0.05, 0.1) is 30.6 Å². The van der Waals surface area contributed by atoms with Gasteiger partial charge in [-0.25, -0.2) is 0 Å². The number of nitrogens with zero attached hydrogens (tertiary/aromatic N) is 1. The summed E-state index contributed by atoms with van der Waals surface area (Å²) in [5.74, 6) is -0.455. The van der Waals surface area contributed by atoms with Crippen molar-refractivity contribution in [2.45, 2.75) is 18.9 Å². The van der Waals surface area contributed by atoms with Crippen molar-refractivity contribution in [3.8, 4) is 0 Å². The molecule has 3 rings (SSSR count). The minimum atomic E-state index is -0.455. The van der Waals surface area contributed by atoms with E-state index in [1.807, 2.05) is 12.1 Å². The average Bonchev–Trinajstić information content (AvgIpc) is 2.76. The van der Waals surface area contributed by atoms with Crippen molar-refractivity contribution < 1.29 is 4.74 Å². The second-order valence-corrected chi connectivity index (χ2v) is 7.44. The smallest absolute Gasteiger partial charge is 0.0844 e. The molecule has 0 atom stereocenters. The predicted octanol–water partition coefficient (Wildman–Crippen LogP) is 3.11. The molecule has 2 aromatic rings. The summed E-state index contributed by atoms with van der Waals surface area (Å²) in [4.78, 5) is 2.35. The summed E-state index contributed by atoms with van der Waals surface area (Å²) in [6.07, 6.45) is 2.70. The molecule has 0 bridgehead atoms. The summed E-state index contributed by atoms with van der Waals surface area (Å²) >= 11 is 0. The molecule has 0 unspecified atom stereocenters. The highest BCUT2D eigenvalue weighted by molar-refractivity contribution is 6.47. The SMILES string of the molecule is N=CC(C=N)c1ccc(N)c(C(=N)C(=N)Cc2cccc(CN3CCOCC3)c2)c1. The molecular formula is C23H28N6O. The molecule has 1 aliphatic heterocycles. The number of benzene rings is 2. The lowest BCUT2D eigenvalue weighted by Crippen LogP contribution is -2.35. The van der Waals surface area contributed by atoms with Gasteiger partial charge in [0.15, 0.2) is 0 Å². The maximum atomic E-state index is 8.50. The first-order valence-electron chi connectivity index (χ1n) is 9.97. The Morgan fingerprint density at radius 2 is 1.73 bits per heavy atom. The quantitative estimate of drug-likeness (QED) is 0.325. The average molecular weight is 405 g/mol. The standard InChI is InChI=1S/C23H28N6O/c24-13-19(14-25)18-4-5-21(26)20(12-18)23(28)22(27)11-16-2-1-3-17(10-16)15-29-6-8-30-9-7-29/h1-5,10,12-14,19,24-25,27-28H,6-9,11,15,26H2. The summed E-state index contributed by atoms with van der Waals surface area (Å²) < 4.78 is 5.40. The number of anilines is 1. The molecule has 1 fully saturated rings. The highest BCUT2D eigenvalue weighted by atomic mass is 16.5. The Kier molecular flexibility index (Phi) is 7.21. The van der Waals surface area contributed by atoms with E-state index in [1.54, 1.807) is 18.2 Å². The van der Waals surface area contributed by atoms with E-state index >= 15 is 0 Å². The number of morpholine rings is 1. The molecule has 1 saturated heterocycles. The third kappa shape index (κ3) is 5.25. The van der Waals surface area contributed by atoms with Crippen molar-refractivity contribution in [2.24, 2.45) is 0 Å². The Morgan fingerprint density at radius 3 is 2.43 bits per heavy atom. The maximum Gasteiger partial charge on any atom is 0.0844 e. The lowest BCUT2D eigenvalue weighted by Gasteiger charge is -2.26. The van der Waals surface area contributed by atoms with Crippen molar-refractivity contribution in [3.05, 3.63) is 64.7 Å². The first kappa shape index (κ1) is 21.5. The molecule has 1 heterocycles. The minimum absolute atomic E-state index is 0.0710. The van der Waals surface area contributed by atoms with Crippen LogP contribution in [0.4, 0.5) is 5.69 Å². The zero-order valence-corrected chi connectivity index (χ0v) is 16.9. The third-order valence-electron chi connectivity index (χ3n) is 5.27. The largest absolute Gasteiger partial charge is 0.398 e. The van der Waals surface area contributed by atoms with Gasteiger partial charge in [0.2, 0.25) is 0 Å². The van der Waals surface area contributed by atoms with Crippen LogP contribution in [0.2, 0.25) is 0 Å². The van der Waals surface area contributed by atoms with Crippen LogP contribution >= 0.6 is 0 Å². The normalized spacial score (nSPS) is 15.3. The topological polar surface area (TPSA) is 134 Å². The molecule has 0 aromatic heterocycles. The maximum absolute atomic E-state index is 8.50. The highest BCUT2D eigenvalue weighted by Gasteiger charge is 2.16. The molecule has 7 nitrogen and oxygen atoms in total. The van der Waals surface area contributed by atoms with Crippen molar-refractivity contribution in [1.82, 2.24) is 4.90 Å². The molecule has 6 N–H and O–H groups in total. The third-order valence-corrected chi connectivity index (χ3v) is 5.27. The molecule has 7 heteroatoms. The van der Waals surface area contributed by atoms with E-state index in [1.165, 1.54) is 18.0 Å². The van der Waals surface area contributed by atoms with Gasteiger partial charge in [-0.15, -0.1) is 0 Å². The molecule has 0 amide bonds. The van der Waals surface area contributed by atoms with E-state index < -0.39 is 5.92 Å². The number of hydrogen-bond donors (Lipinski definition) is 5. The lowest BCUT2D eigenvalue weighted by atomic mass is 9.93. The van der Waals surface area contributed by atoms with E-state index in [-0.39, 0.29) is 11.4 Å². The van der Waals surface area contributed by atoms with Gasteiger partial charge < -0.3 is 26.7 Å². The second kappa shape index (κ2) is 10.0. The van der Waals surface area contributed by atoms with Crippen molar-refractivity contribution in [3.63, 3.8) is 0 Å². The van der Waals surface area contributed by atoms with Crippen molar-refractivity contribution in [2.75, 3.05) is 32.0 Å². The summed E-state index contributed by atoms with van der Waals surface area (Å²) in [7, 11) is 0. The van der Waals surface area contributed by atoms with Crippen LogP contribution in [0, 0.1) is 21.6 Å². The van der Waals surface area contributed by atoms with Gasteiger partial charge in [-0.05, 0) is 28.8 Å². The van der Waals surface area contributed by atoms with Crippen molar-refractivity contribution in [1.29, 1.82) is 21.6 Å². The molecule has 2 aromatic carbocycles. The van der Waals surface area contributed by atoms with Crippen LogP contribution in [0.5, 0.6) is 0 Å². The molecule has 156 valence electrons. The Balaban J connectivity index is 1.72. The van der Waals surface area contributed by atoms with E-state index in [9.17, 15) is 0 Å². The highest BCUT2D eigenvalue weighted by Crippen LogP contribution is 2.21. The minimum Gasteiger partial charge on any atom is -0.398 e. The van der Waals surface area contributed by atoms with Gasteiger partial charge in [-0.3, -0.25) is 10.3 Å². The molecule has 1 aliphatic rings. The van der Waals surface area contributed by atoms with Crippen LogP contribution in [0.3, 0.4) is 0 Å². The molecule has 30 heavy (non-hydrogen) atoms.